The van der Waals surface area contributed by atoms with Gasteiger partial charge in [0.2, 0.25) is 0 Å². The maximum atomic E-state index is 4.60. The fraction of sp³-hybridized carbons (Fsp3) is 0.700. The van der Waals surface area contributed by atoms with Gasteiger partial charge in [-0.3, -0.25) is 0 Å². The predicted octanol–water partition coefficient (Wildman–Crippen LogP) is 2.00. The Bertz CT molecular complexity index is 304. The van der Waals surface area contributed by atoms with E-state index in [9.17, 15) is 0 Å². The van der Waals surface area contributed by atoms with Crippen LogP contribution in [0, 0.1) is 6.92 Å². The second-order valence-electron chi connectivity index (χ2n) is 3.63. The lowest BCUT2D eigenvalue weighted by molar-refractivity contribution is 0.618. The minimum atomic E-state index is 0.906. The maximum absolute atomic E-state index is 4.60. The van der Waals surface area contributed by atoms with E-state index in [-0.39, 0.29) is 0 Å². The molecule has 2 rings (SSSR count). The molecule has 72 valence electrons. The molecule has 0 aromatic carbocycles. The van der Waals surface area contributed by atoms with E-state index in [4.69, 9.17) is 0 Å². The van der Waals surface area contributed by atoms with E-state index in [1.54, 1.807) is 0 Å². The Kier molecular flexibility index (Phi) is 2.63. The van der Waals surface area contributed by atoms with Crippen LogP contribution in [-0.2, 0) is 19.4 Å². The molecular weight excluding hydrogens is 180 g/mol. The number of imidazole rings is 1. The molecule has 0 atom stereocenters. The minimum Gasteiger partial charge on any atom is -0.331 e. The summed E-state index contributed by atoms with van der Waals surface area (Å²) in [5, 5.41) is 0. The Balaban J connectivity index is 2.36. The van der Waals surface area contributed by atoms with E-state index in [1.165, 1.54) is 42.9 Å². The zero-order valence-electron chi connectivity index (χ0n) is 8.08. The summed E-state index contributed by atoms with van der Waals surface area (Å²) in [6.07, 6.45) is 5.02. The van der Waals surface area contributed by atoms with Crippen LogP contribution < -0.4 is 0 Å². The monoisotopic (exact) mass is 196 g/mol. The van der Waals surface area contributed by atoms with Gasteiger partial charge in [0.15, 0.2) is 0 Å². The summed E-state index contributed by atoms with van der Waals surface area (Å²) in [4.78, 5) is 4.60. The highest BCUT2D eigenvalue weighted by molar-refractivity contribution is 7.80. The van der Waals surface area contributed by atoms with Gasteiger partial charge in [-0.1, -0.05) is 0 Å². The molecule has 13 heavy (non-hydrogen) atoms. The molecule has 1 aromatic rings. The average Bonchev–Trinajstić information content (AvgIpc) is 2.44. The molecule has 3 heteroatoms. The molecule has 0 saturated carbocycles. The van der Waals surface area contributed by atoms with Crippen molar-refractivity contribution in [2.75, 3.05) is 5.75 Å². The summed E-state index contributed by atoms with van der Waals surface area (Å²) in [6.45, 7) is 3.11. The van der Waals surface area contributed by atoms with Gasteiger partial charge in [-0.2, -0.15) is 12.6 Å². The van der Waals surface area contributed by atoms with E-state index < -0.39 is 0 Å². The first-order chi connectivity index (χ1) is 6.33. The standard InChI is InChI=1S/C10H16N2S/c1-8-11-9-4-2-3-5-10(9)12(8)6-7-13/h13H,2-7H2,1H3. The molecule has 2 nitrogen and oxygen atoms in total. The first kappa shape index (κ1) is 9.13. The molecule has 0 saturated heterocycles. The highest BCUT2D eigenvalue weighted by Gasteiger charge is 2.16. The summed E-state index contributed by atoms with van der Waals surface area (Å²) in [5.74, 6) is 2.07. The van der Waals surface area contributed by atoms with Gasteiger partial charge in [-0.25, -0.2) is 4.98 Å². The van der Waals surface area contributed by atoms with Crippen molar-refractivity contribution in [3.8, 4) is 0 Å². The molecule has 0 N–H and O–H groups in total. The Hall–Kier alpha value is -0.440. The number of thiol groups is 1. The van der Waals surface area contributed by atoms with Crippen molar-refractivity contribution in [2.24, 2.45) is 0 Å². The predicted molar refractivity (Wildman–Crippen MR) is 57.5 cm³/mol. The molecule has 1 aromatic heterocycles. The smallest absolute Gasteiger partial charge is 0.106 e. The molecule has 0 radical (unpaired) electrons. The number of hydrogen-bond acceptors (Lipinski definition) is 2. The third-order valence-corrected chi connectivity index (χ3v) is 2.95. The van der Waals surface area contributed by atoms with Gasteiger partial charge in [0, 0.05) is 18.0 Å². The van der Waals surface area contributed by atoms with E-state index >= 15 is 0 Å². The third-order valence-electron chi connectivity index (χ3n) is 2.75. The molecule has 1 aliphatic rings. The zero-order valence-corrected chi connectivity index (χ0v) is 8.98. The Morgan fingerprint density at radius 1 is 1.38 bits per heavy atom. The average molecular weight is 196 g/mol. The van der Waals surface area contributed by atoms with Crippen molar-refractivity contribution in [1.82, 2.24) is 9.55 Å². The van der Waals surface area contributed by atoms with Crippen LogP contribution >= 0.6 is 12.6 Å². The molecular formula is C10H16N2S. The lowest BCUT2D eigenvalue weighted by Gasteiger charge is -2.13. The summed E-state index contributed by atoms with van der Waals surface area (Å²) < 4.78 is 2.33. The Morgan fingerprint density at radius 2 is 2.15 bits per heavy atom. The molecule has 0 unspecified atom stereocenters. The van der Waals surface area contributed by atoms with Gasteiger partial charge in [0.25, 0.3) is 0 Å². The molecule has 0 aliphatic heterocycles. The quantitative estimate of drug-likeness (QED) is 0.716. The van der Waals surface area contributed by atoms with Crippen LogP contribution in [-0.4, -0.2) is 15.3 Å². The Labute approximate surface area is 84.8 Å². The fourth-order valence-corrected chi connectivity index (χ4v) is 2.33. The number of rotatable bonds is 2. The van der Waals surface area contributed by atoms with E-state index in [0.717, 1.165) is 12.3 Å². The summed E-state index contributed by atoms with van der Waals surface area (Å²) >= 11 is 4.27. The largest absolute Gasteiger partial charge is 0.331 e. The van der Waals surface area contributed by atoms with Crippen molar-refractivity contribution >= 4 is 12.6 Å². The van der Waals surface area contributed by atoms with Crippen molar-refractivity contribution in [3.05, 3.63) is 17.2 Å². The lowest BCUT2D eigenvalue weighted by atomic mass is 10.0. The van der Waals surface area contributed by atoms with E-state index in [1.807, 2.05) is 0 Å². The molecule has 1 heterocycles. The zero-order chi connectivity index (χ0) is 9.26. The van der Waals surface area contributed by atoms with Gasteiger partial charge in [-0.15, -0.1) is 0 Å². The number of aryl methyl sites for hydroxylation is 2. The van der Waals surface area contributed by atoms with Crippen LogP contribution in [0.4, 0.5) is 0 Å². The van der Waals surface area contributed by atoms with Gasteiger partial charge < -0.3 is 4.57 Å². The molecule has 0 spiro atoms. The van der Waals surface area contributed by atoms with Gasteiger partial charge in [0.1, 0.15) is 5.82 Å². The second kappa shape index (κ2) is 3.74. The highest BCUT2D eigenvalue weighted by atomic mass is 32.1. The second-order valence-corrected chi connectivity index (χ2v) is 4.08. The third kappa shape index (κ3) is 1.62. The molecule has 1 aliphatic carbocycles. The summed E-state index contributed by atoms with van der Waals surface area (Å²) in [5.41, 5.74) is 2.81. The van der Waals surface area contributed by atoms with Crippen molar-refractivity contribution in [2.45, 2.75) is 39.2 Å². The SMILES string of the molecule is Cc1nc2c(n1CCS)CCCC2. The number of hydrogen-bond donors (Lipinski definition) is 1. The number of fused-ring (bicyclic) bond motifs is 1. The maximum Gasteiger partial charge on any atom is 0.106 e. The van der Waals surface area contributed by atoms with Gasteiger partial charge >= 0.3 is 0 Å². The van der Waals surface area contributed by atoms with Gasteiger partial charge in [0.05, 0.1) is 5.69 Å². The van der Waals surface area contributed by atoms with E-state index in [0.29, 0.717) is 0 Å². The highest BCUT2D eigenvalue weighted by Crippen LogP contribution is 2.21. The van der Waals surface area contributed by atoms with Gasteiger partial charge in [-0.05, 0) is 32.6 Å². The van der Waals surface area contributed by atoms with Crippen molar-refractivity contribution < 1.29 is 0 Å². The first-order valence-corrected chi connectivity index (χ1v) is 5.62. The number of nitrogens with zero attached hydrogens (tertiary/aromatic N) is 2. The normalized spacial score (nSPS) is 15.8. The van der Waals surface area contributed by atoms with E-state index in [2.05, 4.69) is 29.1 Å². The van der Waals surface area contributed by atoms with Crippen LogP contribution in [0.25, 0.3) is 0 Å². The summed E-state index contributed by atoms with van der Waals surface area (Å²) in [6, 6.07) is 0. The molecule has 0 bridgehead atoms. The summed E-state index contributed by atoms with van der Waals surface area (Å²) in [7, 11) is 0. The van der Waals surface area contributed by atoms with Crippen molar-refractivity contribution in [3.63, 3.8) is 0 Å². The first-order valence-electron chi connectivity index (χ1n) is 4.98. The topological polar surface area (TPSA) is 17.8 Å². The van der Waals surface area contributed by atoms with Crippen LogP contribution in [0.2, 0.25) is 0 Å². The van der Waals surface area contributed by atoms with Crippen LogP contribution in [0.15, 0.2) is 0 Å². The van der Waals surface area contributed by atoms with Crippen LogP contribution in [0.3, 0.4) is 0 Å². The van der Waals surface area contributed by atoms with Crippen LogP contribution in [0.1, 0.15) is 30.1 Å². The fourth-order valence-electron chi connectivity index (χ4n) is 2.13. The Morgan fingerprint density at radius 3 is 2.92 bits per heavy atom. The van der Waals surface area contributed by atoms with Crippen molar-refractivity contribution in [1.29, 1.82) is 0 Å². The molecule has 0 amide bonds. The van der Waals surface area contributed by atoms with Crippen LogP contribution in [0.5, 0.6) is 0 Å². The minimum absolute atomic E-state index is 0.906. The molecule has 0 fully saturated rings. The lowest BCUT2D eigenvalue weighted by Crippen LogP contribution is -2.10. The number of aromatic nitrogens is 2.